The summed E-state index contributed by atoms with van der Waals surface area (Å²) in [6.45, 7) is 3.75. The Morgan fingerprint density at radius 2 is 2.00 bits per heavy atom. The molecule has 0 amide bonds. The lowest BCUT2D eigenvalue weighted by Gasteiger charge is -2.20. The normalized spacial score (nSPS) is 12.6. The third-order valence-corrected chi connectivity index (χ3v) is 3.61. The summed E-state index contributed by atoms with van der Waals surface area (Å²) in [5.74, 6) is -1.04. The summed E-state index contributed by atoms with van der Waals surface area (Å²) in [6, 6.07) is 6.76. The largest absolute Gasteiger partial charge is 0.507 e. The summed E-state index contributed by atoms with van der Waals surface area (Å²) in [7, 11) is 1.29. The molecule has 112 valence electrons. The van der Waals surface area contributed by atoms with Crippen LogP contribution in [0.15, 0.2) is 33.5 Å². The molecule has 1 N–H and O–H groups in total. The second-order valence-corrected chi connectivity index (χ2v) is 5.28. The van der Waals surface area contributed by atoms with E-state index in [1.165, 1.54) is 7.11 Å². The average Bonchev–Trinajstić information content (AvgIpc) is 2.45. The number of methoxy groups -OCH3 is 1. The highest BCUT2D eigenvalue weighted by atomic mass is 16.5. The van der Waals surface area contributed by atoms with Gasteiger partial charge in [-0.3, -0.25) is 4.79 Å². The highest BCUT2D eigenvalue weighted by Crippen LogP contribution is 2.36. The quantitative estimate of drug-likeness (QED) is 0.692. The molecule has 0 radical (unpaired) electrons. The van der Waals surface area contributed by atoms with E-state index < -0.39 is 17.5 Å². The summed E-state index contributed by atoms with van der Waals surface area (Å²) >= 11 is 0. The standard InChI is InChI=1S/C16H18O5/c1-9(2)11(8-13(17)20-3)14-15(18)10-6-4-5-7-12(10)21-16(14)19/h4-7,9,11,18H,8H2,1-3H3. The third kappa shape index (κ3) is 2.91. The van der Waals surface area contributed by atoms with Crippen molar-refractivity contribution >= 4 is 16.9 Å². The van der Waals surface area contributed by atoms with Crippen molar-refractivity contribution in [3.63, 3.8) is 0 Å². The van der Waals surface area contributed by atoms with Crippen LogP contribution < -0.4 is 5.63 Å². The van der Waals surface area contributed by atoms with E-state index in [1.54, 1.807) is 24.3 Å². The van der Waals surface area contributed by atoms with Gasteiger partial charge in [0.1, 0.15) is 11.3 Å². The van der Waals surface area contributed by atoms with Crippen molar-refractivity contribution in [1.82, 2.24) is 0 Å². The molecule has 1 aromatic carbocycles. The van der Waals surface area contributed by atoms with Crippen LogP contribution in [-0.2, 0) is 9.53 Å². The Labute approximate surface area is 122 Å². The number of hydrogen-bond donors (Lipinski definition) is 1. The molecule has 0 aliphatic rings. The van der Waals surface area contributed by atoms with Crippen molar-refractivity contribution in [1.29, 1.82) is 0 Å². The molecule has 0 aliphatic heterocycles. The topological polar surface area (TPSA) is 76.7 Å². The number of benzene rings is 1. The van der Waals surface area contributed by atoms with E-state index in [0.717, 1.165) is 0 Å². The molecule has 0 saturated heterocycles. The molecular formula is C16H18O5. The van der Waals surface area contributed by atoms with Gasteiger partial charge in [-0.25, -0.2) is 4.79 Å². The molecule has 21 heavy (non-hydrogen) atoms. The maximum Gasteiger partial charge on any atom is 0.343 e. The first-order valence-electron chi connectivity index (χ1n) is 6.77. The number of carbonyl (C=O) groups is 1. The van der Waals surface area contributed by atoms with E-state index in [9.17, 15) is 14.7 Å². The minimum atomic E-state index is -0.617. The third-order valence-electron chi connectivity index (χ3n) is 3.61. The van der Waals surface area contributed by atoms with Crippen molar-refractivity contribution in [3.8, 4) is 5.75 Å². The van der Waals surface area contributed by atoms with Crippen molar-refractivity contribution in [2.75, 3.05) is 7.11 Å². The van der Waals surface area contributed by atoms with E-state index in [4.69, 9.17) is 4.42 Å². The molecule has 0 saturated carbocycles. The first kappa shape index (κ1) is 15.1. The highest BCUT2D eigenvalue weighted by molar-refractivity contribution is 5.84. The van der Waals surface area contributed by atoms with Crippen molar-refractivity contribution in [2.45, 2.75) is 26.2 Å². The second kappa shape index (κ2) is 5.99. The van der Waals surface area contributed by atoms with Crippen molar-refractivity contribution in [2.24, 2.45) is 5.92 Å². The van der Waals surface area contributed by atoms with Crippen molar-refractivity contribution in [3.05, 3.63) is 40.2 Å². The number of ether oxygens (including phenoxy) is 1. The molecule has 1 unspecified atom stereocenters. The number of carbonyl (C=O) groups excluding carboxylic acids is 1. The number of hydrogen-bond acceptors (Lipinski definition) is 5. The lowest BCUT2D eigenvalue weighted by molar-refractivity contribution is -0.141. The van der Waals surface area contributed by atoms with Crippen LogP contribution in [0.4, 0.5) is 0 Å². The van der Waals surface area contributed by atoms with Gasteiger partial charge >= 0.3 is 11.6 Å². The van der Waals surface area contributed by atoms with Gasteiger partial charge in [-0.2, -0.15) is 0 Å². The maximum absolute atomic E-state index is 12.2. The van der Waals surface area contributed by atoms with Gasteiger partial charge in [0.15, 0.2) is 0 Å². The fourth-order valence-electron chi connectivity index (χ4n) is 2.41. The smallest absolute Gasteiger partial charge is 0.343 e. The zero-order valence-electron chi connectivity index (χ0n) is 12.3. The van der Waals surface area contributed by atoms with Crippen LogP contribution in [0.2, 0.25) is 0 Å². The maximum atomic E-state index is 12.2. The van der Waals surface area contributed by atoms with Crippen LogP contribution in [0.3, 0.4) is 0 Å². The SMILES string of the molecule is COC(=O)CC(c1c(O)c2ccccc2oc1=O)C(C)C. The molecule has 0 aliphatic carbocycles. The Kier molecular flexibility index (Phi) is 4.31. The number of rotatable bonds is 4. The number of fused-ring (bicyclic) bond motifs is 1. The van der Waals surface area contributed by atoms with Gasteiger partial charge in [-0.1, -0.05) is 26.0 Å². The summed E-state index contributed by atoms with van der Waals surface area (Å²) in [6.07, 6.45) is 0.0187. The molecule has 1 aromatic heterocycles. The zero-order valence-corrected chi connectivity index (χ0v) is 12.3. The van der Waals surface area contributed by atoms with Gasteiger partial charge in [0.2, 0.25) is 0 Å². The molecule has 5 nitrogen and oxygen atoms in total. The first-order chi connectivity index (χ1) is 9.95. The van der Waals surface area contributed by atoms with Crippen LogP contribution in [0.1, 0.15) is 31.7 Å². The minimum Gasteiger partial charge on any atom is -0.507 e. The summed E-state index contributed by atoms with van der Waals surface area (Å²) in [4.78, 5) is 23.7. The van der Waals surface area contributed by atoms with Crippen LogP contribution in [-0.4, -0.2) is 18.2 Å². The van der Waals surface area contributed by atoms with E-state index in [1.807, 2.05) is 13.8 Å². The molecular weight excluding hydrogens is 272 g/mol. The molecule has 0 spiro atoms. The molecule has 2 aromatic rings. The monoisotopic (exact) mass is 290 g/mol. The Bertz CT molecular complexity index is 714. The van der Waals surface area contributed by atoms with Gasteiger partial charge in [0.25, 0.3) is 0 Å². The van der Waals surface area contributed by atoms with Gasteiger partial charge in [-0.05, 0) is 18.1 Å². The molecule has 5 heteroatoms. The molecule has 2 rings (SSSR count). The van der Waals surface area contributed by atoms with Gasteiger partial charge in [-0.15, -0.1) is 0 Å². The van der Waals surface area contributed by atoms with E-state index in [0.29, 0.717) is 11.0 Å². The molecule has 0 bridgehead atoms. The fourth-order valence-corrected chi connectivity index (χ4v) is 2.41. The average molecular weight is 290 g/mol. The van der Waals surface area contributed by atoms with Crippen LogP contribution in [0.5, 0.6) is 5.75 Å². The Morgan fingerprint density at radius 3 is 2.62 bits per heavy atom. The van der Waals surface area contributed by atoms with E-state index in [2.05, 4.69) is 4.74 Å². The zero-order chi connectivity index (χ0) is 15.6. The van der Waals surface area contributed by atoms with Gasteiger partial charge in [0.05, 0.1) is 24.5 Å². The first-order valence-corrected chi connectivity index (χ1v) is 6.77. The molecule has 1 heterocycles. The number of para-hydroxylation sites is 1. The van der Waals surface area contributed by atoms with Crippen LogP contribution >= 0.6 is 0 Å². The Balaban J connectivity index is 2.62. The van der Waals surface area contributed by atoms with Gasteiger partial charge in [0, 0.05) is 5.92 Å². The van der Waals surface area contributed by atoms with E-state index in [-0.39, 0.29) is 23.7 Å². The molecule has 0 fully saturated rings. The minimum absolute atomic E-state index is 0.0187. The highest BCUT2D eigenvalue weighted by Gasteiger charge is 2.28. The fraction of sp³-hybridized carbons (Fsp3) is 0.375. The summed E-state index contributed by atoms with van der Waals surface area (Å²) in [5.41, 5.74) is -0.160. The van der Waals surface area contributed by atoms with Crippen LogP contribution in [0.25, 0.3) is 11.0 Å². The number of aromatic hydroxyl groups is 1. The lowest BCUT2D eigenvalue weighted by atomic mass is 9.85. The second-order valence-electron chi connectivity index (χ2n) is 5.28. The predicted octanol–water partition coefficient (Wildman–Crippen LogP) is 2.80. The van der Waals surface area contributed by atoms with Crippen molar-refractivity contribution < 1.29 is 19.1 Å². The number of esters is 1. The summed E-state index contributed by atoms with van der Waals surface area (Å²) < 4.78 is 9.92. The van der Waals surface area contributed by atoms with E-state index >= 15 is 0 Å². The lowest BCUT2D eigenvalue weighted by Crippen LogP contribution is -2.20. The Morgan fingerprint density at radius 1 is 1.33 bits per heavy atom. The molecule has 1 atom stereocenters. The van der Waals surface area contributed by atoms with Gasteiger partial charge < -0.3 is 14.3 Å². The summed E-state index contributed by atoms with van der Waals surface area (Å²) in [5, 5.41) is 10.9. The predicted molar refractivity (Wildman–Crippen MR) is 78.4 cm³/mol. The Hall–Kier alpha value is -2.30. The van der Waals surface area contributed by atoms with Crippen LogP contribution in [0, 0.1) is 5.92 Å².